The first kappa shape index (κ1) is 34.5. The number of benzene rings is 6. The Bertz CT molecular complexity index is 2140. The minimum Gasteiger partial charge on any atom is -0.478 e. The molecule has 2 amide bonds. The first-order valence-electron chi connectivity index (χ1n) is 15.7. The van der Waals surface area contributed by atoms with Crippen LogP contribution in [0.25, 0.3) is 32.7 Å². The summed E-state index contributed by atoms with van der Waals surface area (Å²) in [5.41, 5.74) is 4.18. The fourth-order valence-electron chi connectivity index (χ4n) is 5.32. The maximum absolute atomic E-state index is 12.3. The van der Waals surface area contributed by atoms with Crippen LogP contribution >= 0.6 is 0 Å². The van der Waals surface area contributed by atoms with Crippen molar-refractivity contribution in [3.05, 3.63) is 168 Å². The number of fused-ring (bicyclic) bond motifs is 2. The van der Waals surface area contributed by atoms with Gasteiger partial charge >= 0.3 is 11.9 Å². The van der Waals surface area contributed by atoms with Gasteiger partial charge in [-0.2, -0.15) is 0 Å². The van der Waals surface area contributed by atoms with Crippen LogP contribution in [0.1, 0.15) is 45.7 Å². The van der Waals surface area contributed by atoms with Crippen LogP contribution in [0, 0.1) is 0 Å². The van der Waals surface area contributed by atoms with Gasteiger partial charge in [0.25, 0.3) is 0 Å². The molecule has 0 atom stereocenters. The molecule has 6 aromatic rings. The number of para-hydroxylation sites is 2. The molecule has 0 aliphatic rings. The summed E-state index contributed by atoms with van der Waals surface area (Å²) in [7, 11) is 0. The Hall–Kier alpha value is -6.80. The highest BCUT2D eigenvalue weighted by Gasteiger charge is 2.12. The number of carboxylic acid groups (broad SMARTS) is 2. The van der Waals surface area contributed by atoms with Crippen molar-refractivity contribution in [3.8, 4) is 0 Å². The SMILES string of the molecule is C/C(=C\C(=O)Nc1ccccc1C(=O)O)c1ccc2ccccc2c1.C/C(=C\C(=O)Nc1ccccc1C(=O)O)c1ccc2ccccc2c1. The average Bonchev–Trinajstić information content (AvgIpc) is 3.11. The number of carbonyl (C=O) groups is 4. The number of amides is 2. The van der Waals surface area contributed by atoms with Crippen molar-refractivity contribution in [2.24, 2.45) is 0 Å². The minimum absolute atomic E-state index is 0.0626. The maximum Gasteiger partial charge on any atom is 0.337 e. The van der Waals surface area contributed by atoms with Gasteiger partial charge in [0.05, 0.1) is 22.5 Å². The summed E-state index contributed by atoms with van der Waals surface area (Å²) in [6, 6.07) is 40.7. The van der Waals surface area contributed by atoms with Crippen molar-refractivity contribution in [2.45, 2.75) is 13.8 Å². The predicted octanol–water partition coefficient (Wildman–Crippen LogP) is 9.16. The summed E-state index contributed by atoms with van der Waals surface area (Å²) in [4.78, 5) is 46.9. The normalized spacial score (nSPS) is 11.3. The Balaban J connectivity index is 0.000000194. The first-order valence-corrected chi connectivity index (χ1v) is 15.7. The first-order chi connectivity index (χ1) is 24.1. The van der Waals surface area contributed by atoms with Gasteiger partial charge in [-0.3, -0.25) is 9.59 Å². The molecular formula is C42H34N2O6. The number of nitrogens with one attached hydrogen (secondary N) is 2. The lowest BCUT2D eigenvalue weighted by atomic mass is 10.0. The second kappa shape index (κ2) is 15.9. The zero-order valence-electron chi connectivity index (χ0n) is 27.4. The van der Waals surface area contributed by atoms with E-state index in [9.17, 15) is 29.4 Å². The van der Waals surface area contributed by atoms with E-state index in [4.69, 9.17) is 0 Å². The Labute approximate surface area is 289 Å². The van der Waals surface area contributed by atoms with E-state index in [1.165, 1.54) is 24.3 Å². The fourth-order valence-corrected chi connectivity index (χ4v) is 5.32. The van der Waals surface area contributed by atoms with Gasteiger partial charge in [0.2, 0.25) is 11.8 Å². The molecular weight excluding hydrogens is 628 g/mol. The average molecular weight is 663 g/mol. The number of carboxylic acids is 2. The molecule has 0 aliphatic carbocycles. The number of rotatable bonds is 8. The molecule has 0 saturated carbocycles. The van der Waals surface area contributed by atoms with E-state index in [1.54, 1.807) is 36.4 Å². The van der Waals surface area contributed by atoms with E-state index in [-0.39, 0.29) is 34.3 Å². The van der Waals surface area contributed by atoms with Crippen molar-refractivity contribution >= 4 is 67.8 Å². The summed E-state index contributed by atoms with van der Waals surface area (Å²) in [6.45, 7) is 3.71. The van der Waals surface area contributed by atoms with Gasteiger partial charge in [-0.25, -0.2) is 9.59 Å². The molecule has 8 nitrogen and oxygen atoms in total. The highest BCUT2D eigenvalue weighted by atomic mass is 16.4. The Morgan fingerprint density at radius 1 is 0.460 bits per heavy atom. The van der Waals surface area contributed by atoms with Gasteiger partial charge in [-0.15, -0.1) is 0 Å². The number of anilines is 2. The number of aromatic carboxylic acids is 2. The van der Waals surface area contributed by atoms with Crippen molar-refractivity contribution in [1.29, 1.82) is 0 Å². The smallest absolute Gasteiger partial charge is 0.337 e. The van der Waals surface area contributed by atoms with Crippen LogP contribution < -0.4 is 10.6 Å². The Kier molecular flexibility index (Phi) is 11.0. The number of allylic oxidation sites excluding steroid dienone is 2. The van der Waals surface area contributed by atoms with Gasteiger partial charge in [0, 0.05) is 12.2 Å². The van der Waals surface area contributed by atoms with Gasteiger partial charge in [0.1, 0.15) is 0 Å². The van der Waals surface area contributed by atoms with Gasteiger partial charge in [-0.1, -0.05) is 97.1 Å². The largest absolute Gasteiger partial charge is 0.478 e. The summed E-state index contributed by atoms with van der Waals surface area (Å²) in [5, 5.41) is 28.1. The summed E-state index contributed by atoms with van der Waals surface area (Å²) < 4.78 is 0. The molecule has 0 saturated heterocycles. The molecule has 0 aromatic heterocycles. The van der Waals surface area contributed by atoms with Gasteiger partial charge in [-0.05, 0) is 94.1 Å². The fraction of sp³-hybridized carbons (Fsp3) is 0.0476. The van der Waals surface area contributed by atoms with E-state index < -0.39 is 11.9 Å². The van der Waals surface area contributed by atoms with Crippen LogP contribution in [-0.4, -0.2) is 34.0 Å². The van der Waals surface area contributed by atoms with E-state index in [0.717, 1.165) is 43.8 Å². The van der Waals surface area contributed by atoms with Crippen LogP contribution in [-0.2, 0) is 9.59 Å². The van der Waals surface area contributed by atoms with Crippen LogP contribution in [0.4, 0.5) is 11.4 Å². The lowest BCUT2D eigenvalue weighted by molar-refractivity contribution is -0.112. The highest BCUT2D eigenvalue weighted by Crippen LogP contribution is 2.23. The van der Waals surface area contributed by atoms with Crippen molar-refractivity contribution in [3.63, 3.8) is 0 Å². The van der Waals surface area contributed by atoms with Gasteiger partial charge in [0.15, 0.2) is 0 Å². The van der Waals surface area contributed by atoms with Crippen LogP contribution in [0.3, 0.4) is 0 Å². The predicted molar refractivity (Wildman–Crippen MR) is 199 cm³/mol. The number of hydrogen-bond acceptors (Lipinski definition) is 4. The van der Waals surface area contributed by atoms with Gasteiger partial charge < -0.3 is 20.8 Å². The van der Waals surface area contributed by atoms with E-state index in [1.807, 2.05) is 98.8 Å². The summed E-state index contributed by atoms with van der Waals surface area (Å²) in [6.07, 6.45) is 2.95. The molecule has 0 unspecified atom stereocenters. The van der Waals surface area contributed by atoms with Crippen LogP contribution in [0.15, 0.2) is 146 Å². The molecule has 0 heterocycles. The Morgan fingerprint density at radius 3 is 1.18 bits per heavy atom. The molecule has 4 N–H and O–H groups in total. The molecule has 0 spiro atoms. The molecule has 0 aliphatic heterocycles. The van der Waals surface area contributed by atoms with Crippen LogP contribution in [0.2, 0.25) is 0 Å². The molecule has 6 rings (SSSR count). The topological polar surface area (TPSA) is 133 Å². The lowest BCUT2D eigenvalue weighted by Gasteiger charge is -2.08. The molecule has 0 radical (unpaired) electrons. The van der Waals surface area contributed by atoms with E-state index in [2.05, 4.69) is 10.6 Å². The monoisotopic (exact) mass is 662 g/mol. The molecule has 0 bridgehead atoms. The quantitative estimate of drug-likeness (QED) is 0.120. The van der Waals surface area contributed by atoms with E-state index in [0.29, 0.717) is 0 Å². The lowest BCUT2D eigenvalue weighted by Crippen LogP contribution is -2.12. The zero-order valence-corrected chi connectivity index (χ0v) is 27.4. The second-order valence-electron chi connectivity index (χ2n) is 11.5. The van der Waals surface area contributed by atoms with E-state index >= 15 is 0 Å². The summed E-state index contributed by atoms with van der Waals surface area (Å²) >= 11 is 0. The molecule has 0 fully saturated rings. The maximum atomic E-state index is 12.3. The molecule has 6 aromatic carbocycles. The molecule has 50 heavy (non-hydrogen) atoms. The molecule has 248 valence electrons. The van der Waals surface area contributed by atoms with Crippen LogP contribution in [0.5, 0.6) is 0 Å². The number of carbonyl (C=O) groups excluding carboxylic acids is 2. The third-order valence-corrected chi connectivity index (χ3v) is 7.94. The van der Waals surface area contributed by atoms with Crippen molar-refractivity contribution in [2.75, 3.05) is 10.6 Å². The highest BCUT2D eigenvalue weighted by molar-refractivity contribution is 6.08. The third kappa shape index (κ3) is 8.76. The molecule has 8 heteroatoms. The second-order valence-corrected chi connectivity index (χ2v) is 11.5. The standard InChI is InChI=1S/2C21H17NO3/c2*1-14(16-11-10-15-6-2-3-7-17(15)13-16)12-20(23)22-19-9-5-4-8-18(19)21(24)25/h2*2-13H,1H3,(H,22,23)(H,24,25)/b2*14-12+. The summed E-state index contributed by atoms with van der Waals surface area (Å²) in [5.74, 6) is -2.88. The van der Waals surface area contributed by atoms with Crippen molar-refractivity contribution in [1.82, 2.24) is 0 Å². The third-order valence-electron chi connectivity index (χ3n) is 7.94. The number of hydrogen-bond donors (Lipinski definition) is 4. The zero-order chi connectivity index (χ0) is 35.6. The minimum atomic E-state index is -1.08. The van der Waals surface area contributed by atoms with Crippen molar-refractivity contribution < 1.29 is 29.4 Å². The Morgan fingerprint density at radius 2 is 0.800 bits per heavy atom.